The van der Waals surface area contributed by atoms with Crippen LogP contribution in [0.15, 0.2) is 12.3 Å². The van der Waals surface area contributed by atoms with E-state index in [0.29, 0.717) is 5.92 Å². The van der Waals surface area contributed by atoms with Gasteiger partial charge in [0.1, 0.15) is 0 Å². The van der Waals surface area contributed by atoms with Crippen LogP contribution >= 0.6 is 15.9 Å². The summed E-state index contributed by atoms with van der Waals surface area (Å²) < 4.78 is 2.04. The number of hydrogen-bond donors (Lipinski definition) is 0. The van der Waals surface area contributed by atoms with E-state index in [9.17, 15) is 0 Å². The number of rotatable bonds is 5. The molecule has 0 saturated carbocycles. The molecule has 0 bridgehead atoms. The molecule has 0 aliphatic carbocycles. The Morgan fingerprint density at radius 2 is 2.38 bits per heavy atom. The van der Waals surface area contributed by atoms with Crippen molar-refractivity contribution in [3.8, 4) is 0 Å². The molecule has 1 atom stereocenters. The van der Waals surface area contributed by atoms with E-state index in [0.717, 1.165) is 17.6 Å². The smallest absolute Gasteiger partial charge is 0.0593 e. The second kappa shape index (κ2) is 5.43. The van der Waals surface area contributed by atoms with Crippen molar-refractivity contribution in [3.05, 3.63) is 18.0 Å². The summed E-state index contributed by atoms with van der Waals surface area (Å²) >= 11 is 3.54. The summed E-state index contributed by atoms with van der Waals surface area (Å²) in [4.78, 5) is 0. The second-order valence-electron chi connectivity index (χ2n) is 3.49. The van der Waals surface area contributed by atoms with E-state index in [-0.39, 0.29) is 0 Å². The highest BCUT2D eigenvalue weighted by Gasteiger charge is 2.06. The van der Waals surface area contributed by atoms with Gasteiger partial charge >= 0.3 is 0 Å². The fraction of sp³-hybridized carbons (Fsp3) is 0.700. The topological polar surface area (TPSA) is 17.8 Å². The fourth-order valence-corrected chi connectivity index (χ4v) is 1.98. The molecule has 1 aromatic heterocycles. The maximum atomic E-state index is 4.38. The number of nitrogens with zero attached hydrogens (tertiary/aromatic N) is 2. The SMILES string of the molecule is CCCC(CBr)Cn1ccc(C)n1. The highest BCUT2D eigenvalue weighted by atomic mass is 79.9. The lowest BCUT2D eigenvalue weighted by Gasteiger charge is -2.12. The zero-order valence-electron chi connectivity index (χ0n) is 8.33. The predicted octanol–water partition coefficient (Wildman–Crippen LogP) is 3.00. The molecule has 1 unspecified atom stereocenters. The molecule has 0 fully saturated rings. The van der Waals surface area contributed by atoms with Crippen molar-refractivity contribution in [1.29, 1.82) is 0 Å². The molecule has 0 amide bonds. The average molecular weight is 245 g/mol. The van der Waals surface area contributed by atoms with Crippen LogP contribution in [-0.4, -0.2) is 15.1 Å². The maximum Gasteiger partial charge on any atom is 0.0593 e. The highest BCUT2D eigenvalue weighted by molar-refractivity contribution is 9.09. The Hall–Kier alpha value is -0.310. The Kier molecular flexibility index (Phi) is 4.50. The van der Waals surface area contributed by atoms with E-state index < -0.39 is 0 Å². The summed E-state index contributed by atoms with van der Waals surface area (Å²) in [5.41, 5.74) is 1.10. The summed E-state index contributed by atoms with van der Waals surface area (Å²) in [6, 6.07) is 2.05. The van der Waals surface area contributed by atoms with Crippen molar-refractivity contribution in [2.24, 2.45) is 5.92 Å². The van der Waals surface area contributed by atoms with Crippen LogP contribution in [0.5, 0.6) is 0 Å². The quantitative estimate of drug-likeness (QED) is 0.729. The van der Waals surface area contributed by atoms with Crippen LogP contribution in [0.4, 0.5) is 0 Å². The molecule has 74 valence electrons. The summed E-state index contributed by atoms with van der Waals surface area (Å²) in [6.45, 7) is 5.29. The van der Waals surface area contributed by atoms with E-state index in [2.05, 4.69) is 40.2 Å². The van der Waals surface area contributed by atoms with Crippen molar-refractivity contribution in [2.75, 3.05) is 5.33 Å². The summed E-state index contributed by atoms with van der Waals surface area (Å²) in [7, 11) is 0. The van der Waals surface area contributed by atoms with E-state index in [1.54, 1.807) is 0 Å². The highest BCUT2D eigenvalue weighted by Crippen LogP contribution is 2.12. The third kappa shape index (κ3) is 3.51. The van der Waals surface area contributed by atoms with Crippen LogP contribution in [0.3, 0.4) is 0 Å². The largest absolute Gasteiger partial charge is 0.272 e. The van der Waals surface area contributed by atoms with Crippen molar-refractivity contribution < 1.29 is 0 Å². The lowest BCUT2D eigenvalue weighted by molar-refractivity contribution is 0.427. The fourth-order valence-electron chi connectivity index (χ4n) is 1.45. The van der Waals surface area contributed by atoms with E-state index in [1.807, 2.05) is 11.6 Å². The standard InChI is InChI=1S/C10H17BrN2/c1-3-4-10(7-11)8-13-6-5-9(2)12-13/h5-6,10H,3-4,7-8H2,1-2H3. The molecule has 0 radical (unpaired) electrons. The van der Waals surface area contributed by atoms with Gasteiger partial charge in [0.15, 0.2) is 0 Å². The number of hydrogen-bond acceptors (Lipinski definition) is 1. The van der Waals surface area contributed by atoms with Crippen LogP contribution in [0, 0.1) is 12.8 Å². The minimum atomic E-state index is 0.712. The number of aromatic nitrogens is 2. The molecule has 0 aromatic carbocycles. The molecule has 13 heavy (non-hydrogen) atoms. The van der Waals surface area contributed by atoms with Gasteiger partial charge in [-0.05, 0) is 25.3 Å². The summed E-state index contributed by atoms with van der Waals surface area (Å²) in [5.74, 6) is 0.712. The molecule has 1 heterocycles. The van der Waals surface area contributed by atoms with Gasteiger partial charge in [0.2, 0.25) is 0 Å². The van der Waals surface area contributed by atoms with Crippen molar-refractivity contribution in [1.82, 2.24) is 9.78 Å². The van der Waals surface area contributed by atoms with Crippen LogP contribution in [0.2, 0.25) is 0 Å². The molecule has 1 aromatic rings. The van der Waals surface area contributed by atoms with Gasteiger partial charge in [0.05, 0.1) is 5.69 Å². The first kappa shape index (κ1) is 10.8. The van der Waals surface area contributed by atoms with E-state index in [4.69, 9.17) is 0 Å². The van der Waals surface area contributed by atoms with Gasteiger partial charge in [0, 0.05) is 18.1 Å². The van der Waals surface area contributed by atoms with Crippen molar-refractivity contribution >= 4 is 15.9 Å². The van der Waals surface area contributed by atoms with E-state index >= 15 is 0 Å². The van der Waals surface area contributed by atoms with Gasteiger partial charge in [0.25, 0.3) is 0 Å². The van der Waals surface area contributed by atoms with Crippen molar-refractivity contribution in [3.63, 3.8) is 0 Å². The zero-order chi connectivity index (χ0) is 9.68. The Bertz CT molecular complexity index is 245. The third-order valence-corrected chi connectivity index (χ3v) is 3.05. The first-order valence-electron chi connectivity index (χ1n) is 4.82. The molecular formula is C10H17BrN2. The molecular weight excluding hydrogens is 228 g/mol. The Morgan fingerprint density at radius 1 is 1.62 bits per heavy atom. The van der Waals surface area contributed by atoms with Crippen LogP contribution < -0.4 is 0 Å². The van der Waals surface area contributed by atoms with Gasteiger partial charge in [-0.3, -0.25) is 4.68 Å². The normalized spacial score (nSPS) is 13.2. The molecule has 0 saturated heterocycles. The Morgan fingerprint density at radius 3 is 2.85 bits per heavy atom. The van der Waals surface area contributed by atoms with Crippen LogP contribution in [0.25, 0.3) is 0 Å². The monoisotopic (exact) mass is 244 g/mol. The molecule has 0 spiro atoms. The zero-order valence-corrected chi connectivity index (χ0v) is 9.92. The minimum absolute atomic E-state index is 0.712. The number of halogens is 1. The van der Waals surface area contributed by atoms with Gasteiger partial charge in [-0.1, -0.05) is 29.3 Å². The lowest BCUT2D eigenvalue weighted by Crippen LogP contribution is -2.12. The molecule has 0 N–H and O–H groups in total. The van der Waals surface area contributed by atoms with Crippen LogP contribution in [-0.2, 0) is 6.54 Å². The first-order chi connectivity index (χ1) is 6.26. The van der Waals surface area contributed by atoms with Gasteiger partial charge in [-0.15, -0.1) is 0 Å². The van der Waals surface area contributed by atoms with Gasteiger partial charge < -0.3 is 0 Å². The second-order valence-corrected chi connectivity index (χ2v) is 4.14. The minimum Gasteiger partial charge on any atom is -0.272 e. The Balaban J connectivity index is 2.46. The van der Waals surface area contributed by atoms with Gasteiger partial charge in [-0.25, -0.2) is 0 Å². The molecule has 0 aliphatic rings. The molecule has 2 nitrogen and oxygen atoms in total. The first-order valence-corrected chi connectivity index (χ1v) is 5.94. The average Bonchev–Trinajstić information content (AvgIpc) is 2.50. The number of aryl methyl sites for hydroxylation is 1. The number of alkyl halides is 1. The molecule has 1 rings (SSSR count). The molecule has 0 aliphatic heterocycles. The maximum absolute atomic E-state index is 4.38. The van der Waals surface area contributed by atoms with E-state index in [1.165, 1.54) is 12.8 Å². The van der Waals surface area contributed by atoms with Crippen LogP contribution in [0.1, 0.15) is 25.5 Å². The summed E-state index contributed by atoms with van der Waals surface area (Å²) in [6.07, 6.45) is 4.57. The molecule has 3 heteroatoms. The Labute approximate surface area is 88.5 Å². The van der Waals surface area contributed by atoms with Gasteiger partial charge in [-0.2, -0.15) is 5.10 Å². The predicted molar refractivity (Wildman–Crippen MR) is 59.2 cm³/mol. The van der Waals surface area contributed by atoms with Crippen molar-refractivity contribution in [2.45, 2.75) is 33.2 Å². The third-order valence-electron chi connectivity index (χ3n) is 2.13. The lowest BCUT2D eigenvalue weighted by atomic mass is 10.1. The summed E-state index contributed by atoms with van der Waals surface area (Å²) in [5, 5.41) is 5.45.